The molecular formula is C28H31N7O4. The van der Waals surface area contributed by atoms with E-state index in [1.165, 1.54) is 0 Å². The average molecular weight is 530 g/mol. The smallest absolute Gasteiger partial charge is 0.295 e. The third kappa shape index (κ3) is 4.18. The van der Waals surface area contributed by atoms with Crippen LogP contribution in [0.15, 0.2) is 16.8 Å². The Kier molecular flexibility index (Phi) is 5.70. The van der Waals surface area contributed by atoms with Crippen molar-refractivity contribution in [1.82, 2.24) is 24.9 Å². The first-order chi connectivity index (χ1) is 18.9. The predicted molar refractivity (Wildman–Crippen MR) is 139 cm³/mol. The third-order valence-electron chi connectivity index (χ3n) is 9.34. The molecule has 6 aliphatic rings. The van der Waals surface area contributed by atoms with E-state index < -0.39 is 5.60 Å². The summed E-state index contributed by atoms with van der Waals surface area (Å²) < 4.78 is 5.62. The maximum absolute atomic E-state index is 13.2. The van der Waals surface area contributed by atoms with Crippen molar-refractivity contribution < 1.29 is 19.2 Å². The topological polar surface area (TPSA) is 148 Å². The number of anilines is 1. The molecule has 2 amide bonds. The van der Waals surface area contributed by atoms with Crippen LogP contribution in [0.1, 0.15) is 60.4 Å². The second-order valence-electron chi connectivity index (χ2n) is 11.8. The van der Waals surface area contributed by atoms with Gasteiger partial charge in [0.25, 0.3) is 17.6 Å². The molecule has 4 bridgehead atoms. The Morgan fingerprint density at radius 2 is 1.90 bits per heavy atom. The molecule has 4 saturated carbocycles. The molecule has 2 N–H and O–H groups in total. The number of aromatic nitrogens is 3. The molecule has 11 nitrogen and oxygen atoms in total. The summed E-state index contributed by atoms with van der Waals surface area (Å²) in [6.07, 6.45) is 11.4. The van der Waals surface area contributed by atoms with E-state index in [4.69, 9.17) is 9.78 Å². The fourth-order valence-electron chi connectivity index (χ4n) is 7.80. The van der Waals surface area contributed by atoms with E-state index in [1.54, 1.807) is 16.0 Å². The minimum Gasteiger partial charge on any atom is -0.390 e. The lowest BCUT2D eigenvalue weighted by molar-refractivity contribution is -0.131. The van der Waals surface area contributed by atoms with Crippen molar-refractivity contribution in [2.75, 3.05) is 31.5 Å². The van der Waals surface area contributed by atoms with Gasteiger partial charge in [0.05, 0.1) is 28.6 Å². The van der Waals surface area contributed by atoms with Gasteiger partial charge >= 0.3 is 0 Å². The number of nitriles is 1. The fraction of sp³-hybridized carbons (Fsp3) is 0.571. The van der Waals surface area contributed by atoms with Gasteiger partial charge in [-0.15, -0.1) is 0 Å². The van der Waals surface area contributed by atoms with Gasteiger partial charge < -0.3 is 24.7 Å². The average Bonchev–Trinajstić information content (AvgIpc) is 3.60. The zero-order valence-electron chi connectivity index (χ0n) is 21.7. The van der Waals surface area contributed by atoms with Gasteiger partial charge in [-0.05, 0) is 49.9 Å². The normalized spacial score (nSPS) is 30.4. The summed E-state index contributed by atoms with van der Waals surface area (Å²) in [4.78, 5) is 37.5. The molecule has 5 fully saturated rings. The zero-order chi connectivity index (χ0) is 26.7. The van der Waals surface area contributed by atoms with Crippen molar-refractivity contribution in [3.8, 4) is 17.5 Å². The lowest BCUT2D eigenvalue weighted by Gasteiger charge is -2.58. The number of carbonyl (C=O) groups excluding carboxylic acids is 2. The monoisotopic (exact) mass is 529 g/mol. The largest absolute Gasteiger partial charge is 0.390 e. The van der Waals surface area contributed by atoms with Crippen molar-refractivity contribution in [2.24, 2.45) is 17.8 Å². The highest BCUT2D eigenvalue weighted by molar-refractivity contribution is 5.91. The summed E-state index contributed by atoms with van der Waals surface area (Å²) in [6.45, 7) is 1.42. The van der Waals surface area contributed by atoms with Crippen LogP contribution in [0, 0.1) is 29.1 Å². The summed E-state index contributed by atoms with van der Waals surface area (Å²) in [5.41, 5.74) is 3.08. The first-order valence-electron chi connectivity index (χ1n) is 13.9. The lowest BCUT2D eigenvalue weighted by Crippen LogP contribution is -2.59. The SMILES string of the molecule is N#CCC(=O)N1CCN(C(=O)c2noc(-c3cnc4c(c3NC3C5CC6CC3CC(O)(C6)C5)C=CC4)n2)CC1. The van der Waals surface area contributed by atoms with Crippen LogP contribution in [-0.2, 0) is 11.2 Å². The van der Waals surface area contributed by atoms with Crippen LogP contribution in [0.3, 0.4) is 0 Å². The highest BCUT2D eigenvalue weighted by atomic mass is 16.5. The molecule has 0 spiro atoms. The number of pyridine rings is 1. The third-order valence-corrected chi connectivity index (χ3v) is 9.34. The predicted octanol–water partition coefficient (Wildman–Crippen LogP) is 2.25. The van der Waals surface area contributed by atoms with Crippen molar-refractivity contribution in [2.45, 2.75) is 56.6 Å². The zero-order valence-corrected chi connectivity index (χ0v) is 21.7. The summed E-state index contributed by atoms with van der Waals surface area (Å²) in [7, 11) is 0. The van der Waals surface area contributed by atoms with Gasteiger partial charge in [-0.1, -0.05) is 17.3 Å². The Bertz CT molecular complexity index is 1390. The molecule has 39 heavy (non-hydrogen) atoms. The molecule has 1 aliphatic heterocycles. The maximum Gasteiger partial charge on any atom is 0.295 e. The number of hydrogen-bond acceptors (Lipinski definition) is 9. The van der Waals surface area contributed by atoms with Crippen LogP contribution in [0.25, 0.3) is 17.5 Å². The molecular weight excluding hydrogens is 498 g/mol. The van der Waals surface area contributed by atoms with Crippen LogP contribution >= 0.6 is 0 Å². The number of piperazine rings is 1. The highest BCUT2D eigenvalue weighted by Gasteiger charge is 2.55. The molecule has 2 aromatic heterocycles. The number of aliphatic hydroxyl groups is 1. The molecule has 2 aromatic rings. The molecule has 3 heterocycles. The van der Waals surface area contributed by atoms with E-state index in [2.05, 4.69) is 32.6 Å². The number of nitrogens with zero attached hydrogens (tertiary/aromatic N) is 6. The van der Waals surface area contributed by atoms with Crippen molar-refractivity contribution in [3.05, 3.63) is 29.4 Å². The molecule has 2 unspecified atom stereocenters. The maximum atomic E-state index is 13.2. The highest BCUT2D eigenvalue weighted by Crippen LogP contribution is 2.56. The summed E-state index contributed by atoms with van der Waals surface area (Å²) in [5, 5.41) is 27.7. The van der Waals surface area contributed by atoms with Crippen LogP contribution in [0.5, 0.6) is 0 Å². The summed E-state index contributed by atoms with van der Waals surface area (Å²) in [5.74, 6) is 1.09. The van der Waals surface area contributed by atoms with E-state index >= 15 is 0 Å². The van der Waals surface area contributed by atoms with Gasteiger partial charge in [0.2, 0.25) is 5.91 Å². The number of carbonyl (C=O) groups is 2. The second-order valence-corrected chi connectivity index (χ2v) is 11.8. The standard InChI is InChI=1S/C28H31N7O4/c29-5-4-22(36)34-6-8-35(9-7-34)27(37)25-32-26(39-33-25)20-15-30-21-3-1-2-19(21)24(20)31-23-17-10-16-11-18(23)14-28(38,12-16)13-17/h1-2,15-18,23,38H,3-4,6-14H2,(H,30,31). The molecule has 11 heteroatoms. The van der Waals surface area contributed by atoms with Crippen LogP contribution in [0.4, 0.5) is 5.69 Å². The van der Waals surface area contributed by atoms with Crippen LogP contribution in [0.2, 0.25) is 0 Å². The van der Waals surface area contributed by atoms with Gasteiger partial charge in [0, 0.05) is 50.4 Å². The Morgan fingerprint density at radius 1 is 1.15 bits per heavy atom. The Balaban J connectivity index is 1.12. The van der Waals surface area contributed by atoms with E-state index in [0.29, 0.717) is 49.5 Å². The van der Waals surface area contributed by atoms with Gasteiger partial charge in [-0.25, -0.2) is 0 Å². The number of allylic oxidation sites excluding steroid dienone is 1. The lowest BCUT2D eigenvalue weighted by atomic mass is 9.52. The number of fused-ring (bicyclic) bond motifs is 1. The second kappa shape index (κ2) is 9.16. The number of nitrogens with one attached hydrogen (secondary N) is 1. The Hall–Kier alpha value is -3.78. The molecule has 0 aromatic carbocycles. The van der Waals surface area contributed by atoms with Crippen LogP contribution < -0.4 is 5.32 Å². The van der Waals surface area contributed by atoms with Gasteiger partial charge in [0.1, 0.15) is 6.42 Å². The van der Waals surface area contributed by atoms with Crippen LogP contribution in [-0.4, -0.2) is 79.7 Å². The van der Waals surface area contributed by atoms with Crippen molar-refractivity contribution in [1.29, 1.82) is 5.26 Å². The van der Waals surface area contributed by atoms with Gasteiger partial charge in [0.15, 0.2) is 0 Å². The van der Waals surface area contributed by atoms with Crippen molar-refractivity contribution >= 4 is 23.6 Å². The molecule has 5 aliphatic carbocycles. The quantitative estimate of drug-likeness (QED) is 0.595. The number of hydrogen-bond donors (Lipinski definition) is 2. The van der Waals surface area contributed by atoms with E-state index in [9.17, 15) is 14.7 Å². The van der Waals surface area contributed by atoms with Gasteiger partial charge in [-0.3, -0.25) is 14.6 Å². The fourth-order valence-corrected chi connectivity index (χ4v) is 7.80. The Morgan fingerprint density at radius 3 is 2.62 bits per heavy atom. The minimum absolute atomic E-state index is 0.0272. The first-order valence-corrected chi connectivity index (χ1v) is 13.9. The first kappa shape index (κ1) is 24.3. The van der Waals surface area contributed by atoms with E-state index in [0.717, 1.165) is 55.5 Å². The Labute approximate surface area is 225 Å². The molecule has 1 saturated heterocycles. The summed E-state index contributed by atoms with van der Waals surface area (Å²) in [6, 6.07) is 2.13. The number of amides is 2. The minimum atomic E-state index is -0.506. The van der Waals surface area contributed by atoms with Gasteiger partial charge in [-0.2, -0.15) is 10.2 Å². The molecule has 202 valence electrons. The van der Waals surface area contributed by atoms with Crippen molar-refractivity contribution in [3.63, 3.8) is 0 Å². The van der Waals surface area contributed by atoms with E-state index in [-0.39, 0.29) is 36.0 Å². The number of rotatable bonds is 5. The molecule has 8 rings (SSSR count). The van der Waals surface area contributed by atoms with E-state index in [1.807, 2.05) is 6.07 Å². The molecule has 0 radical (unpaired) electrons. The summed E-state index contributed by atoms with van der Waals surface area (Å²) >= 11 is 0. The molecule has 2 atom stereocenters.